The molecule has 0 heterocycles. The van der Waals surface area contributed by atoms with Gasteiger partial charge < -0.3 is 0 Å². The third-order valence-electron chi connectivity index (χ3n) is 6.31. The first-order valence-electron chi connectivity index (χ1n) is 12.0. The van der Waals surface area contributed by atoms with E-state index in [1.807, 2.05) is 91.0 Å². The Labute approximate surface area is 219 Å². The van der Waals surface area contributed by atoms with Gasteiger partial charge in [-0.1, -0.05) is 105 Å². The van der Waals surface area contributed by atoms with E-state index in [0.29, 0.717) is 0 Å². The third-order valence-corrected chi connectivity index (χ3v) is 9.81. The predicted octanol–water partition coefficient (Wildman–Crippen LogP) is 4.98. The molecule has 0 fully saturated rings. The number of Topliss-reactive ketones (excluding diaryl/α,β-unsaturated/α-hetero) is 1. The van der Waals surface area contributed by atoms with Crippen molar-refractivity contribution in [2.75, 3.05) is 0 Å². The van der Waals surface area contributed by atoms with Crippen LogP contribution in [-0.4, -0.2) is 21.3 Å². The third kappa shape index (κ3) is 4.64. The van der Waals surface area contributed by atoms with Gasteiger partial charge in [0.1, 0.15) is 5.71 Å². The van der Waals surface area contributed by atoms with Crippen LogP contribution in [0.3, 0.4) is 0 Å². The van der Waals surface area contributed by atoms with Gasteiger partial charge in [0.25, 0.3) is 0 Å². The highest BCUT2D eigenvalue weighted by Crippen LogP contribution is 2.47. The summed E-state index contributed by atoms with van der Waals surface area (Å²) in [6, 6.07) is 28.9. The molecule has 0 atom stereocenters. The van der Waals surface area contributed by atoms with Gasteiger partial charge in [-0.2, -0.15) is 9.96 Å². The van der Waals surface area contributed by atoms with Crippen LogP contribution in [0.25, 0.3) is 0 Å². The normalized spacial score (nSPS) is 13.9. The van der Waals surface area contributed by atoms with E-state index in [2.05, 4.69) is 5.10 Å². The number of nitrogens with zero attached hydrogens (tertiary/aromatic N) is 4. The summed E-state index contributed by atoms with van der Waals surface area (Å²) in [5.41, 5.74) is -1.56. The van der Waals surface area contributed by atoms with Crippen LogP contribution < -0.4 is 15.9 Å². The smallest absolute Gasteiger partial charge is 0.274 e. The molecule has 0 amide bonds. The number of benzene rings is 3. The minimum Gasteiger partial charge on any atom is -0.274 e. The van der Waals surface area contributed by atoms with Crippen LogP contribution in [0.4, 0.5) is 0 Å². The van der Waals surface area contributed by atoms with E-state index in [0.717, 1.165) is 15.9 Å². The maximum atomic E-state index is 12.9. The molecule has 0 aromatic heterocycles. The molecule has 0 aliphatic heterocycles. The molecule has 0 spiro atoms. The number of hydrogen-bond acceptors (Lipinski definition) is 6. The molecule has 1 aliphatic carbocycles. The Hall–Kier alpha value is -4.49. The van der Waals surface area contributed by atoms with Gasteiger partial charge in [0.15, 0.2) is 0 Å². The van der Waals surface area contributed by atoms with Crippen molar-refractivity contribution in [2.45, 2.75) is 26.7 Å². The van der Waals surface area contributed by atoms with E-state index in [1.165, 1.54) is 0 Å². The van der Waals surface area contributed by atoms with E-state index in [1.54, 1.807) is 13.8 Å². The maximum Gasteiger partial charge on any atom is 0.333 e. The zero-order valence-electron chi connectivity index (χ0n) is 20.9. The van der Waals surface area contributed by atoms with Gasteiger partial charge in [0.05, 0.1) is 28.0 Å². The number of allylic oxidation sites excluding steroid dienone is 2. The van der Waals surface area contributed by atoms with Crippen LogP contribution in [0.15, 0.2) is 123 Å². The monoisotopic (exact) mass is 528 g/mol. The average Bonchev–Trinajstić information content (AvgIpc) is 2.94. The molecule has 10 heteroatoms. The molecule has 0 saturated carbocycles. The zero-order valence-corrected chi connectivity index (χ0v) is 21.7. The first kappa shape index (κ1) is 26.6. The van der Waals surface area contributed by atoms with Crippen LogP contribution >= 0.6 is 7.05 Å². The van der Waals surface area contributed by atoms with E-state index in [-0.39, 0.29) is 29.7 Å². The molecule has 192 valence electrons. The standard InChI is InChI=1S/C28H25N4O5P/c1-3-23-25(24(4-2)27(32(36)37)28(33)26(23)31(34)35)29-30-38(20-14-8-5-9-15-20,21-16-10-6-11-17-21)22-18-12-7-13-19-22/h5-19H,3-4H2,1-2H3. The van der Waals surface area contributed by atoms with Gasteiger partial charge in [-0.05, 0) is 12.8 Å². The molecular weight excluding hydrogens is 503 g/mol. The Bertz CT molecular complexity index is 1400. The molecule has 38 heavy (non-hydrogen) atoms. The van der Waals surface area contributed by atoms with Gasteiger partial charge in [-0.25, -0.2) is 0 Å². The molecular formula is C28H25N4O5P. The second-order valence-corrected chi connectivity index (χ2v) is 11.4. The topological polar surface area (TPSA) is 128 Å². The molecule has 0 bridgehead atoms. The van der Waals surface area contributed by atoms with Crippen LogP contribution in [0.1, 0.15) is 26.7 Å². The highest BCUT2D eigenvalue weighted by Gasteiger charge is 2.46. The first-order chi connectivity index (χ1) is 18.4. The van der Waals surface area contributed by atoms with Crippen molar-refractivity contribution in [1.82, 2.24) is 0 Å². The van der Waals surface area contributed by atoms with Gasteiger partial charge >= 0.3 is 17.2 Å². The Morgan fingerprint density at radius 2 is 1.00 bits per heavy atom. The quantitative estimate of drug-likeness (QED) is 0.176. The van der Waals surface area contributed by atoms with Crippen molar-refractivity contribution in [3.8, 4) is 0 Å². The number of carbonyl (C=O) groups is 1. The van der Waals surface area contributed by atoms with Gasteiger partial charge in [-0.3, -0.25) is 25.0 Å². The highest BCUT2D eigenvalue weighted by molar-refractivity contribution is 7.87. The number of carbonyl (C=O) groups excluding carboxylic acids is 1. The molecule has 3 aromatic carbocycles. The number of ketones is 1. The molecule has 0 radical (unpaired) electrons. The lowest BCUT2D eigenvalue weighted by Crippen LogP contribution is -2.31. The second kappa shape index (κ2) is 11.3. The molecule has 1 aliphatic rings. The van der Waals surface area contributed by atoms with Crippen LogP contribution in [0.5, 0.6) is 0 Å². The molecule has 0 unspecified atom stereocenters. The Morgan fingerprint density at radius 1 is 0.658 bits per heavy atom. The zero-order chi connectivity index (χ0) is 27.3. The van der Waals surface area contributed by atoms with Gasteiger partial charge in [0.2, 0.25) is 0 Å². The fraction of sp³-hybridized carbons (Fsp3) is 0.143. The van der Waals surface area contributed by atoms with Crippen molar-refractivity contribution < 1.29 is 14.6 Å². The van der Waals surface area contributed by atoms with Crippen molar-refractivity contribution in [3.05, 3.63) is 134 Å². The summed E-state index contributed by atoms with van der Waals surface area (Å²) in [4.78, 5) is 40.0. The van der Waals surface area contributed by atoms with Crippen molar-refractivity contribution >= 4 is 34.5 Å². The fourth-order valence-electron chi connectivity index (χ4n) is 4.61. The minimum atomic E-state index is -2.83. The summed E-state index contributed by atoms with van der Waals surface area (Å²) in [5.74, 6) is -1.21. The van der Waals surface area contributed by atoms with Gasteiger partial charge in [-0.15, -0.1) is 0 Å². The molecule has 0 saturated heterocycles. The summed E-state index contributed by atoms with van der Waals surface area (Å²) in [5, 5.41) is 31.1. The van der Waals surface area contributed by atoms with E-state index >= 15 is 0 Å². The Morgan fingerprint density at radius 3 is 1.29 bits per heavy atom. The van der Waals surface area contributed by atoms with Gasteiger partial charge in [0, 0.05) is 15.9 Å². The van der Waals surface area contributed by atoms with Crippen LogP contribution in [-0.2, 0) is 4.79 Å². The molecule has 3 aromatic rings. The lowest BCUT2D eigenvalue weighted by molar-refractivity contribution is -0.434. The summed E-state index contributed by atoms with van der Waals surface area (Å²) in [6.07, 6.45) is 0.163. The number of hydrogen-bond donors (Lipinski definition) is 0. The average molecular weight is 529 g/mol. The van der Waals surface area contributed by atoms with Crippen LogP contribution in [0.2, 0.25) is 0 Å². The van der Waals surface area contributed by atoms with E-state index < -0.39 is 34.1 Å². The summed E-state index contributed by atoms with van der Waals surface area (Å²) in [7, 11) is -2.83. The van der Waals surface area contributed by atoms with E-state index in [9.17, 15) is 25.0 Å². The number of nitro groups is 2. The highest BCUT2D eigenvalue weighted by atomic mass is 31.2. The largest absolute Gasteiger partial charge is 0.333 e. The molecule has 4 rings (SSSR count). The Balaban J connectivity index is 2.19. The molecule has 9 nitrogen and oxygen atoms in total. The van der Waals surface area contributed by atoms with Crippen molar-refractivity contribution in [3.63, 3.8) is 0 Å². The maximum absolute atomic E-state index is 12.9. The van der Waals surface area contributed by atoms with Crippen molar-refractivity contribution in [2.24, 2.45) is 9.96 Å². The first-order valence-corrected chi connectivity index (χ1v) is 13.8. The predicted molar refractivity (Wildman–Crippen MR) is 149 cm³/mol. The summed E-state index contributed by atoms with van der Waals surface area (Å²) < 4.78 is 0. The number of rotatable bonds is 8. The summed E-state index contributed by atoms with van der Waals surface area (Å²) >= 11 is 0. The van der Waals surface area contributed by atoms with Crippen molar-refractivity contribution in [1.29, 1.82) is 0 Å². The molecule has 0 N–H and O–H groups in total. The SMILES string of the molecule is CCC1=C([N+](=O)[O-])C(=O)C([N+](=O)[O-])=C(CC)C1=NN=P(c1ccccc1)(c1ccccc1)c1ccccc1. The minimum absolute atomic E-state index is 0.0140. The van der Waals surface area contributed by atoms with Crippen LogP contribution in [0, 0.1) is 20.2 Å². The summed E-state index contributed by atoms with van der Waals surface area (Å²) in [6.45, 7) is 3.31. The lowest BCUT2D eigenvalue weighted by Gasteiger charge is -2.25. The van der Waals surface area contributed by atoms with E-state index in [4.69, 9.17) is 4.85 Å². The Kier molecular flexibility index (Phi) is 7.88. The fourth-order valence-corrected chi connectivity index (χ4v) is 7.85. The second-order valence-electron chi connectivity index (χ2n) is 8.38. The lowest BCUT2D eigenvalue weighted by atomic mass is 9.87.